The highest BCUT2D eigenvalue weighted by molar-refractivity contribution is 7.82. The fraction of sp³-hybridized carbons (Fsp3) is 0.692. The lowest BCUT2D eigenvalue weighted by atomic mass is 10.5. The lowest BCUT2D eigenvalue weighted by molar-refractivity contribution is -0.116. The largest absolute Gasteiger partial charge is 0.322 e. The molecule has 0 bridgehead atoms. The SMILES string of the molecule is CC(=O)CP(=O)(CC(C)=O)CP(=O)(CC(C)=O)CC(C)=O. The predicted molar refractivity (Wildman–Crippen MR) is 82.3 cm³/mol. The van der Waals surface area contributed by atoms with E-state index in [1.165, 1.54) is 27.7 Å². The van der Waals surface area contributed by atoms with Crippen molar-refractivity contribution in [2.45, 2.75) is 27.7 Å². The molecule has 0 spiro atoms. The summed E-state index contributed by atoms with van der Waals surface area (Å²) in [4.78, 5) is 45.1. The molecule has 8 heteroatoms. The number of ketones is 4. The van der Waals surface area contributed by atoms with E-state index in [1.807, 2.05) is 0 Å². The lowest BCUT2D eigenvalue weighted by Crippen LogP contribution is -2.16. The van der Waals surface area contributed by atoms with Gasteiger partial charge in [0.25, 0.3) is 0 Å². The van der Waals surface area contributed by atoms with Crippen LogP contribution < -0.4 is 0 Å². The van der Waals surface area contributed by atoms with Crippen molar-refractivity contribution in [2.75, 3.05) is 30.6 Å². The third kappa shape index (κ3) is 8.90. The van der Waals surface area contributed by atoms with E-state index >= 15 is 0 Å². The van der Waals surface area contributed by atoms with Crippen LogP contribution >= 0.6 is 14.3 Å². The van der Waals surface area contributed by atoms with Gasteiger partial charge in [-0.1, -0.05) is 0 Å². The molecule has 0 saturated heterocycles. The quantitative estimate of drug-likeness (QED) is 0.566. The third-order valence-corrected chi connectivity index (χ3v) is 10.8. The van der Waals surface area contributed by atoms with Gasteiger partial charge >= 0.3 is 0 Å². The maximum Gasteiger partial charge on any atom is 0.137 e. The first-order valence-corrected chi connectivity index (χ1v) is 11.0. The van der Waals surface area contributed by atoms with Gasteiger partial charge in [0.1, 0.15) is 37.4 Å². The van der Waals surface area contributed by atoms with Crippen LogP contribution in [0, 0.1) is 0 Å². The number of rotatable bonds is 10. The van der Waals surface area contributed by atoms with Gasteiger partial charge in [-0.3, -0.25) is 19.2 Å². The fourth-order valence-corrected chi connectivity index (χ4v) is 11.2. The molecule has 0 heterocycles. The van der Waals surface area contributed by atoms with Crippen LogP contribution in [0.15, 0.2) is 0 Å². The van der Waals surface area contributed by atoms with E-state index in [-0.39, 0.29) is 53.7 Å². The number of carbonyl (C=O) groups excluding carboxylic acids is 4. The van der Waals surface area contributed by atoms with Crippen molar-refractivity contribution in [3.05, 3.63) is 0 Å². The molecule has 0 amide bonds. The molecule has 0 aromatic rings. The van der Waals surface area contributed by atoms with Crippen molar-refractivity contribution < 1.29 is 28.3 Å². The summed E-state index contributed by atoms with van der Waals surface area (Å²) in [6.45, 7) is 4.97. The van der Waals surface area contributed by atoms with Crippen molar-refractivity contribution >= 4 is 37.4 Å². The Balaban J connectivity index is 5.48. The molecule has 0 N–H and O–H groups in total. The molecule has 0 aliphatic rings. The van der Waals surface area contributed by atoms with Crippen molar-refractivity contribution in [1.29, 1.82) is 0 Å². The Bertz CT molecular complexity index is 461. The predicted octanol–water partition coefficient (Wildman–Crippen LogP) is 2.03. The zero-order valence-electron chi connectivity index (χ0n) is 12.9. The summed E-state index contributed by atoms with van der Waals surface area (Å²) in [5.74, 6) is -1.83. The minimum atomic E-state index is -3.33. The standard InChI is InChI=1S/C13H22O6P2/c1-10(14)5-20(18,6-11(2)15)9-21(19,7-12(3)16)8-13(4)17/h5-9H2,1-4H3. The van der Waals surface area contributed by atoms with Crippen LogP contribution in [0.4, 0.5) is 0 Å². The van der Waals surface area contributed by atoms with E-state index in [0.717, 1.165) is 0 Å². The summed E-state index contributed by atoms with van der Waals surface area (Å²) in [6, 6.07) is 0. The molecular formula is C13H22O6P2. The van der Waals surface area contributed by atoms with Crippen LogP contribution in [0.2, 0.25) is 0 Å². The Morgan fingerprint density at radius 2 is 0.762 bits per heavy atom. The van der Waals surface area contributed by atoms with Crippen molar-refractivity contribution in [3.8, 4) is 0 Å². The highest BCUT2D eigenvalue weighted by Crippen LogP contribution is 2.61. The maximum atomic E-state index is 12.8. The molecule has 6 nitrogen and oxygen atoms in total. The van der Waals surface area contributed by atoms with E-state index < -0.39 is 14.3 Å². The average molecular weight is 336 g/mol. The van der Waals surface area contributed by atoms with Crippen LogP contribution in [-0.4, -0.2) is 53.7 Å². The summed E-state index contributed by atoms with van der Waals surface area (Å²) in [7, 11) is -6.66. The highest BCUT2D eigenvalue weighted by atomic mass is 31.2. The van der Waals surface area contributed by atoms with E-state index in [2.05, 4.69) is 0 Å². The molecule has 0 fully saturated rings. The van der Waals surface area contributed by atoms with Gasteiger partial charge in [0.15, 0.2) is 0 Å². The Morgan fingerprint density at radius 3 is 0.905 bits per heavy atom. The molecule has 0 rings (SSSR count). The maximum absolute atomic E-state index is 12.8. The van der Waals surface area contributed by atoms with E-state index in [1.54, 1.807) is 0 Å². The smallest absolute Gasteiger partial charge is 0.137 e. The van der Waals surface area contributed by atoms with Crippen LogP contribution in [0.1, 0.15) is 27.7 Å². The summed E-state index contributed by atoms with van der Waals surface area (Å²) in [6.07, 6.45) is -1.31. The molecule has 0 saturated carbocycles. The van der Waals surface area contributed by atoms with E-state index in [4.69, 9.17) is 0 Å². The summed E-state index contributed by atoms with van der Waals surface area (Å²) < 4.78 is 25.6. The summed E-state index contributed by atoms with van der Waals surface area (Å²) in [5.41, 5.74) is 0. The second-order valence-electron chi connectivity index (χ2n) is 5.70. The first kappa shape index (κ1) is 20.1. The number of carbonyl (C=O) groups is 4. The van der Waals surface area contributed by atoms with Gasteiger partial charge in [-0.05, 0) is 27.7 Å². The van der Waals surface area contributed by atoms with Crippen molar-refractivity contribution in [2.24, 2.45) is 0 Å². The normalized spacial score (nSPS) is 12.0. The van der Waals surface area contributed by atoms with Crippen molar-refractivity contribution in [3.63, 3.8) is 0 Å². The average Bonchev–Trinajstić information content (AvgIpc) is 2.07. The van der Waals surface area contributed by atoms with Gasteiger partial charge in [-0.2, -0.15) is 0 Å². The second kappa shape index (κ2) is 7.95. The van der Waals surface area contributed by atoms with Crippen LogP contribution in [0.5, 0.6) is 0 Å². The minimum Gasteiger partial charge on any atom is -0.322 e. The van der Waals surface area contributed by atoms with Gasteiger partial charge in [-0.15, -0.1) is 0 Å². The molecule has 0 aliphatic carbocycles. The first-order valence-electron chi connectivity index (χ1n) is 6.49. The Hall–Kier alpha value is -0.860. The number of Topliss-reactive ketones (excluding diaryl/α,β-unsaturated/α-hetero) is 4. The molecule has 21 heavy (non-hydrogen) atoms. The Labute approximate surface area is 124 Å². The molecule has 0 aromatic heterocycles. The molecule has 0 aromatic carbocycles. The molecule has 0 aliphatic heterocycles. The number of hydrogen-bond acceptors (Lipinski definition) is 6. The molecule has 0 unspecified atom stereocenters. The second-order valence-corrected chi connectivity index (χ2v) is 12.3. The van der Waals surface area contributed by atoms with Crippen LogP contribution in [-0.2, 0) is 28.3 Å². The Kier molecular flexibility index (Phi) is 7.63. The number of hydrogen-bond donors (Lipinski definition) is 0. The minimum absolute atomic E-state index is 0.327. The lowest BCUT2D eigenvalue weighted by Gasteiger charge is -2.22. The molecule has 120 valence electrons. The molecule has 0 radical (unpaired) electrons. The Morgan fingerprint density at radius 1 is 0.571 bits per heavy atom. The van der Waals surface area contributed by atoms with Gasteiger partial charge in [-0.25, -0.2) is 0 Å². The van der Waals surface area contributed by atoms with Crippen LogP contribution in [0.25, 0.3) is 0 Å². The van der Waals surface area contributed by atoms with E-state index in [0.29, 0.717) is 0 Å². The topological polar surface area (TPSA) is 102 Å². The third-order valence-electron chi connectivity index (χ3n) is 2.56. The van der Waals surface area contributed by atoms with Crippen LogP contribution in [0.3, 0.4) is 0 Å². The highest BCUT2D eigenvalue weighted by Gasteiger charge is 2.37. The zero-order chi connectivity index (χ0) is 16.8. The van der Waals surface area contributed by atoms with Gasteiger partial charge in [0, 0.05) is 0 Å². The van der Waals surface area contributed by atoms with Gasteiger partial charge in [0.05, 0.1) is 30.6 Å². The monoisotopic (exact) mass is 336 g/mol. The molecular weight excluding hydrogens is 314 g/mol. The van der Waals surface area contributed by atoms with Gasteiger partial charge in [0.2, 0.25) is 0 Å². The van der Waals surface area contributed by atoms with E-state index in [9.17, 15) is 28.3 Å². The fourth-order valence-electron chi connectivity index (χ4n) is 2.40. The zero-order valence-corrected chi connectivity index (χ0v) is 14.7. The van der Waals surface area contributed by atoms with Crippen molar-refractivity contribution in [1.82, 2.24) is 0 Å². The summed E-state index contributed by atoms with van der Waals surface area (Å²) in [5, 5.41) is 0. The van der Waals surface area contributed by atoms with Gasteiger partial charge < -0.3 is 9.13 Å². The first-order chi connectivity index (χ1) is 9.37. The summed E-state index contributed by atoms with van der Waals surface area (Å²) >= 11 is 0. The molecule has 0 atom stereocenters.